The Hall–Kier alpha value is -0.120. The maximum Gasteiger partial charge on any atom is 0.0502 e. The maximum atomic E-state index is 5.93. The summed E-state index contributed by atoms with van der Waals surface area (Å²) in [5, 5.41) is 0. The molecular formula is C13H28N2O. The first-order valence-corrected chi connectivity index (χ1v) is 6.65. The summed E-state index contributed by atoms with van der Waals surface area (Å²) in [6.07, 6.45) is 3.82. The summed E-state index contributed by atoms with van der Waals surface area (Å²) in [5.41, 5.74) is 5.93. The van der Waals surface area contributed by atoms with Crippen molar-refractivity contribution in [2.75, 3.05) is 33.4 Å². The molecule has 3 atom stereocenters. The van der Waals surface area contributed by atoms with Crippen molar-refractivity contribution in [2.45, 2.75) is 39.2 Å². The van der Waals surface area contributed by atoms with Gasteiger partial charge in [0.15, 0.2) is 0 Å². The fraction of sp³-hybridized carbons (Fsp3) is 1.00. The number of rotatable bonds is 6. The van der Waals surface area contributed by atoms with Gasteiger partial charge < -0.3 is 10.5 Å². The molecule has 0 amide bonds. The molecule has 0 aromatic carbocycles. The number of methoxy groups -OCH3 is 1. The van der Waals surface area contributed by atoms with Gasteiger partial charge in [0.25, 0.3) is 0 Å². The van der Waals surface area contributed by atoms with Gasteiger partial charge in [-0.1, -0.05) is 20.3 Å². The Kier molecular flexibility index (Phi) is 6.32. The minimum absolute atomic E-state index is 0.560. The molecule has 3 nitrogen and oxygen atoms in total. The van der Waals surface area contributed by atoms with E-state index >= 15 is 0 Å². The molecule has 3 heteroatoms. The van der Waals surface area contributed by atoms with Crippen LogP contribution in [0.3, 0.4) is 0 Å². The van der Waals surface area contributed by atoms with E-state index in [1.165, 1.54) is 32.4 Å². The largest absolute Gasteiger partial charge is 0.384 e. The second kappa shape index (κ2) is 7.25. The Morgan fingerprint density at radius 2 is 2.25 bits per heavy atom. The smallest absolute Gasteiger partial charge is 0.0502 e. The van der Waals surface area contributed by atoms with Crippen LogP contribution >= 0.6 is 0 Å². The lowest BCUT2D eigenvalue weighted by atomic mass is 9.92. The second-order valence-corrected chi connectivity index (χ2v) is 5.15. The van der Waals surface area contributed by atoms with Gasteiger partial charge in [0.2, 0.25) is 0 Å². The Labute approximate surface area is 100 Å². The van der Waals surface area contributed by atoms with E-state index in [0.717, 1.165) is 13.2 Å². The van der Waals surface area contributed by atoms with Crippen LogP contribution in [0, 0.1) is 11.8 Å². The molecular weight excluding hydrogens is 200 g/mol. The normalized spacial score (nSPS) is 26.6. The van der Waals surface area contributed by atoms with Crippen LogP contribution in [0.5, 0.6) is 0 Å². The molecule has 2 N–H and O–H groups in total. The van der Waals surface area contributed by atoms with Crippen molar-refractivity contribution in [3.63, 3.8) is 0 Å². The van der Waals surface area contributed by atoms with Crippen LogP contribution in [0.2, 0.25) is 0 Å². The Morgan fingerprint density at radius 1 is 1.50 bits per heavy atom. The number of ether oxygens (including phenoxy) is 1. The lowest BCUT2D eigenvalue weighted by Crippen LogP contribution is -2.49. The molecule has 0 saturated carbocycles. The van der Waals surface area contributed by atoms with Crippen molar-refractivity contribution in [1.82, 2.24) is 4.90 Å². The lowest BCUT2D eigenvalue weighted by Gasteiger charge is -2.40. The molecule has 0 aliphatic carbocycles. The van der Waals surface area contributed by atoms with E-state index in [2.05, 4.69) is 18.7 Å². The van der Waals surface area contributed by atoms with Crippen molar-refractivity contribution in [2.24, 2.45) is 17.6 Å². The van der Waals surface area contributed by atoms with Crippen molar-refractivity contribution >= 4 is 0 Å². The highest BCUT2D eigenvalue weighted by Crippen LogP contribution is 2.22. The fourth-order valence-corrected chi connectivity index (χ4v) is 2.78. The van der Waals surface area contributed by atoms with E-state index in [1.807, 2.05) is 0 Å². The Morgan fingerprint density at radius 3 is 2.81 bits per heavy atom. The van der Waals surface area contributed by atoms with E-state index in [9.17, 15) is 0 Å². The van der Waals surface area contributed by atoms with Crippen LogP contribution in [0.4, 0.5) is 0 Å². The van der Waals surface area contributed by atoms with Crippen molar-refractivity contribution < 1.29 is 4.74 Å². The lowest BCUT2D eigenvalue weighted by molar-refractivity contribution is 0.0541. The SMILES string of the molecule is CCC(C)C(CN)N1CCCC(COC)C1. The average molecular weight is 228 g/mol. The van der Waals surface area contributed by atoms with Gasteiger partial charge in [0, 0.05) is 26.2 Å². The molecule has 1 aliphatic rings. The number of nitrogens with two attached hydrogens (primary N) is 1. The molecule has 0 aromatic rings. The van der Waals surface area contributed by atoms with Crippen LogP contribution in [-0.4, -0.2) is 44.3 Å². The Balaban J connectivity index is 2.49. The molecule has 0 bridgehead atoms. The fourth-order valence-electron chi connectivity index (χ4n) is 2.78. The first-order valence-electron chi connectivity index (χ1n) is 6.65. The minimum Gasteiger partial charge on any atom is -0.384 e. The molecule has 3 unspecified atom stereocenters. The molecule has 0 aromatic heterocycles. The number of hydrogen-bond acceptors (Lipinski definition) is 3. The van der Waals surface area contributed by atoms with Crippen molar-refractivity contribution in [1.29, 1.82) is 0 Å². The van der Waals surface area contributed by atoms with Crippen LogP contribution < -0.4 is 5.73 Å². The average Bonchev–Trinajstić information content (AvgIpc) is 2.31. The van der Waals surface area contributed by atoms with Crippen LogP contribution in [0.25, 0.3) is 0 Å². The second-order valence-electron chi connectivity index (χ2n) is 5.15. The van der Waals surface area contributed by atoms with Crippen molar-refractivity contribution in [3.8, 4) is 0 Å². The quantitative estimate of drug-likeness (QED) is 0.752. The van der Waals surface area contributed by atoms with Gasteiger partial charge in [-0.2, -0.15) is 0 Å². The van der Waals surface area contributed by atoms with E-state index in [1.54, 1.807) is 7.11 Å². The maximum absolute atomic E-state index is 5.93. The number of likely N-dealkylation sites (tertiary alicyclic amines) is 1. The van der Waals surface area contributed by atoms with Gasteiger partial charge in [-0.3, -0.25) is 4.90 Å². The van der Waals surface area contributed by atoms with Gasteiger partial charge in [-0.25, -0.2) is 0 Å². The predicted octanol–water partition coefficient (Wildman–Crippen LogP) is 1.72. The number of nitrogens with zero attached hydrogens (tertiary/aromatic N) is 1. The highest BCUT2D eigenvalue weighted by atomic mass is 16.5. The van der Waals surface area contributed by atoms with Gasteiger partial charge in [0.05, 0.1) is 6.61 Å². The standard InChI is InChI=1S/C13H28N2O/c1-4-11(2)13(8-14)15-7-5-6-12(9-15)10-16-3/h11-13H,4-10,14H2,1-3H3. The first kappa shape index (κ1) is 13.9. The summed E-state index contributed by atoms with van der Waals surface area (Å²) in [5.74, 6) is 1.41. The third-order valence-corrected chi connectivity index (χ3v) is 3.96. The molecule has 16 heavy (non-hydrogen) atoms. The van der Waals surface area contributed by atoms with E-state index in [0.29, 0.717) is 17.9 Å². The summed E-state index contributed by atoms with van der Waals surface area (Å²) in [4.78, 5) is 2.58. The molecule has 1 rings (SSSR count). The summed E-state index contributed by atoms with van der Waals surface area (Å²) < 4.78 is 5.27. The predicted molar refractivity (Wildman–Crippen MR) is 68.5 cm³/mol. The van der Waals surface area contributed by atoms with Gasteiger partial charge >= 0.3 is 0 Å². The molecule has 96 valence electrons. The van der Waals surface area contributed by atoms with E-state index in [4.69, 9.17) is 10.5 Å². The molecule has 1 heterocycles. The third-order valence-electron chi connectivity index (χ3n) is 3.96. The van der Waals surface area contributed by atoms with Crippen molar-refractivity contribution in [3.05, 3.63) is 0 Å². The molecule has 1 aliphatic heterocycles. The first-order chi connectivity index (χ1) is 7.72. The summed E-state index contributed by atoms with van der Waals surface area (Å²) in [7, 11) is 1.80. The third kappa shape index (κ3) is 3.72. The number of piperidine rings is 1. The van der Waals surface area contributed by atoms with Gasteiger partial charge in [0.1, 0.15) is 0 Å². The van der Waals surface area contributed by atoms with Gasteiger partial charge in [-0.15, -0.1) is 0 Å². The summed E-state index contributed by atoms with van der Waals surface area (Å²) >= 11 is 0. The topological polar surface area (TPSA) is 38.5 Å². The van der Waals surface area contributed by atoms with Crippen LogP contribution in [0.15, 0.2) is 0 Å². The highest BCUT2D eigenvalue weighted by molar-refractivity contribution is 4.82. The molecule has 1 saturated heterocycles. The summed E-state index contributed by atoms with van der Waals surface area (Å²) in [6.45, 7) is 8.64. The molecule has 0 spiro atoms. The number of hydrogen-bond donors (Lipinski definition) is 1. The van der Waals surface area contributed by atoms with E-state index in [-0.39, 0.29) is 0 Å². The molecule has 0 radical (unpaired) electrons. The summed E-state index contributed by atoms with van der Waals surface area (Å²) in [6, 6.07) is 0.560. The van der Waals surface area contributed by atoms with E-state index < -0.39 is 0 Å². The van der Waals surface area contributed by atoms with Crippen LogP contribution in [0.1, 0.15) is 33.1 Å². The zero-order valence-electron chi connectivity index (χ0n) is 11.1. The zero-order valence-corrected chi connectivity index (χ0v) is 11.1. The highest BCUT2D eigenvalue weighted by Gasteiger charge is 2.27. The van der Waals surface area contributed by atoms with Gasteiger partial charge in [-0.05, 0) is 31.2 Å². The van der Waals surface area contributed by atoms with Crippen LogP contribution in [-0.2, 0) is 4.74 Å². The Bertz CT molecular complexity index is 185. The minimum atomic E-state index is 0.560. The molecule has 1 fully saturated rings. The monoisotopic (exact) mass is 228 g/mol. The zero-order chi connectivity index (χ0) is 12.0.